The minimum atomic E-state index is -0.221. The highest BCUT2D eigenvalue weighted by Crippen LogP contribution is 2.34. The molecule has 2 aromatic carbocycles. The number of benzene rings is 2. The highest BCUT2D eigenvalue weighted by molar-refractivity contribution is 6.06. The van der Waals surface area contributed by atoms with Crippen LogP contribution in [0.15, 0.2) is 67.0 Å². The lowest BCUT2D eigenvalue weighted by atomic mass is 9.87. The number of nitrogens with one attached hydrogen (secondary N) is 1. The van der Waals surface area contributed by atoms with Crippen LogP contribution in [-0.4, -0.2) is 105 Å². The van der Waals surface area contributed by atoms with E-state index in [-0.39, 0.29) is 23.3 Å². The molecule has 0 saturated carbocycles. The lowest BCUT2D eigenvalue weighted by Gasteiger charge is -2.34. The van der Waals surface area contributed by atoms with E-state index in [9.17, 15) is 9.59 Å². The smallest absolute Gasteiger partial charge is 0.255 e. The summed E-state index contributed by atoms with van der Waals surface area (Å²) in [5, 5.41) is 8.67. The average Bonchev–Trinajstić information content (AvgIpc) is 3.50. The fourth-order valence-corrected chi connectivity index (χ4v) is 6.66. The van der Waals surface area contributed by atoms with Gasteiger partial charge in [0.1, 0.15) is 17.8 Å². The van der Waals surface area contributed by atoms with Gasteiger partial charge < -0.3 is 21.7 Å². The Morgan fingerprint density at radius 1 is 1.00 bits per heavy atom. The van der Waals surface area contributed by atoms with Crippen molar-refractivity contribution in [2.45, 2.75) is 45.1 Å². The van der Waals surface area contributed by atoms with Crippen LogP contribution in [0.4, 0.5) is 11.5 Å². The number of hydrogen-bond acceptors (Lipinski definition) is 9. The molecule has 2 amide bonds. The van der Waals surface area contributed by atoms with Crippen molar-refractivity contribution in [2.24, 2.45) is 5.73 Å². The SMILES string of the molecule is CC(C)(C)c1ccc(NC(=O)c2cccc(-c3nn(C4CCCN(C(=O)/C=C/CN5CCN(CCN)CC5)C4)c4ncnc(N)c34)c2)cc1. The minimum Gasteiger partial charge on any atom is -0.383 e. The van der Waals surface area contributed by atoms with Gasteiger partial charge in [0, 0.05) is 81.8 Å². The van der Waals surface area contributed by atoms with E-state index in [4.69, 9.17) is 16.6 Å². The first-order valence-corrected chi connectivity index (χ1v) is 17.2. The lowest BCUT2D eigenvalue weighted by Crippen LogP contribution is -2.47. The Morgan fingerprint density at radius 2 is 1.76 bits per heavy atom. The quantitative estimate of drug-likeness (QED) is 0.226. The zero-order valence-corrected chi connectivity index (χ0v) is 28.8. The second-order valence-corrected chi connectivity index (χ2v) is 14.0. The number of carbonyl (C=O) groups excluding carboxylic acids is 2. The first-order valence-electron chi connectivity index (χ1n) is 17.2. The molecule has 49 heavy (non-hydrogen) atoms. The van der Waals surface area contributed by atoms with Gasteiger partial charge >= 0.3 is 0 Å². The molecule has 1 atom stereocenters. The van der Waals surface area contributed by atoms with Gasteiger partial charge in [-0.05, 0) is 48.1 Å². The highest BCUT2D eigenvalue weighted by atomic mass is 16.2. The number of nitrogens with zero attached hydrogens (tertiary/aromatic N) is 7. The number of nitrogens with two attached hydrogens (primary N) is 2. The van der Waals surface area contributed by atoms with E-state index in [1.54, 1.807) is 12.1 Å². The lowest BCUT2D eigenvalue weighted by molar-refractivity contribution is -0.127. The topological polar surface area (TPSA) is 152 Å². The number of hydrogen-bond donors (Lipinski definition) is 3. The molecule has 1 unspecified atom stereocenters. The van der Waals surface area contributed by atoms with Crippen LogP contribution in [-0.2, 0) is 10.2 Å². The van der Waals surface area contributed by atoms with E-state index in [1.807, 2.05) is 58.1 Å². The predicted molar refractivity (Wildman–Crippen MR) is 194 cm³/mol. The van der Waals surface area contributed by atoms with E-state index in [0.29, 0.717) is 47.7 Å². The number of piperazine rings is 1. The first-order chi connectivity index (χ1) is 23.6. The molecule has 0 aliphatic carbocycles. The normalized spacial score (nSPS) is 18.0. The third-order valence-electron chi connectivity index (χ3n) is 9.51. The summed E-state index contributed by atoms with van der Waals surface area (Å²) in [5.74, 6) is 0.0984. The van der Waals surface area contributed by atoms with E-state index in [0.717, 1.165) is 63.4 Å². The van der Waals surface area contributed by atoms with Gasteiger partial charge in [0.05, 0.1) is 11.4 Å². The van der Waals surface area contributed by atoms with Crippen molar-refractivity contribution in [1.29, 1.82) is 0 Å². The van der Waals surface area contributed by atoms with Crippen molar-refractivity contribution >= 4 is 34.4 Å². The Balaban J connectivity index is 1.17. The standard InChI is InChI=1S/C37H48N10O2/c1-37(2,3)28-11-13-29(14-12-28)42-36(49)27-8-4-7-26(23-27)33-32-34(39)40-25-41-35(32)47(43-33)30-9-5-17-46(24-30)31(48)10-6-16-44-19-21-45(18-15-38)22-20-44/h4,6-8,10-14,23,25,30H,5,9,15-22,24,38H2,1-3H3,(H,42,49)(H2,39,40,41)/b10-6+. The van der Waals surface area contributed by atoms with Crippen molar-refractivity contribution < 1.29 is 9.59 Å². The van der Waals surface area contributed by atoms with Crippen molar-refractivity contribution in [3.8, 4) is 11.3 Å². The first kappa shape index (κ1) is 34.2. The molecule has 4 aromatic rings. The second kappa shape index (κ2) is 14.9. The molecule has 2 fully saturated rings. The zero-order valence-electron chi connectivity index (χ0n) is 28.8. The maximum absolute atomic E-state index is 13.3. The molecule has 0 bridgehead atoms. The van der Waals surface area contributed by atoms with Crippen molar-refractivity contribution in [3.63, 3.8) is 0 Å². The summed E-state index contributed by atoms with van der Waals surface area (Å²) in [6, 6.07) is 15.2. The number of rotatable bonds is 9. The number of aromatic nitrogens is 4. The summed E-state index contributed by atoms with van der Waals surface area (Å²) in [6.45, 7) is 14.0. The minimum absolute atomic E-state index is 0.00375. The number of likely N-dealkylation sites (tertiary alicyclic amines) is 1. The fraction of sp³-hybridized carbons (Fsp3) is 0.432. The van der Waals surface area contributed by atoms with E-state index in [2.05, 4.69) is 45.9 Å². The fourth-order valence-electron chi connectivity index (χ4n) is 6.66. The van der Waals surface area contributed by atoms with E-state index in [1.165, 1.54) is 11.9 Å². The molecule has 0 spiro atoms. The predicted octanol–water partition coefficient (Wildman–Crippen LogP) is 3.92. The van der Waals surface area contributed by atoms with Crippen molar-refractivity contribution in [1.82, 2.24) is 34.4 Å². The second-order valence-electron chi connectivity index (χ2n) is 14.0. The monoisotopic (exact) mass is 664 g/mol. The molecule has 0 radical (unpaired) electrons. The summed E-state index contributed by atoms with van der Waals surface area (Å²) in [7, 11) is 0. The zero-order chi connectivity index (χ0) is 34.5. The third-order valence-corrected chi connectivity index (χ3v) is 9.51. The van der Waals surface area contributed by atoms with Crippen LogP contribution in [0.1, 0.15) is 55.6 Å². The molecule has 2 aliphatic heterocycles. The number of piperidine rings is 1. The highest BCUT2D eigenvalue weighted by Gasteiger charge is 2.28. The summed E-state index contributed by atoms with van der Waals surface area (Å²) in [6.07, 6.45) is 6.81. The Labute approximate surface area is 288 Å². The number of amides is 2. The van der Waals surface area contributed by atoms with Crippen LogP contribution in [0.2, 0.25) is 0 Å². The van der Waals surface area contributed by atoms with Crippen molar-refractivity contribution in [3.05, 3.63) is 78.1 Å². The molecular weight excluding hydrogens is 616 g/mol. The summed E-state index contributed by atoms with van der Waals surface area (Å²) in [4.78, 5) is 42.1. The largest absolute Gasteiger partial charge is 0.383 e. The van der Waals surface area contributed by atoms with Gasteiger partial charge in [-0.2, -0.15) is 5.10 Å². The van der Waals surface area contributed by atoms with E-state index < -0.39 is 0 Å². The number of anilines is 2. The van der Waals surface area contributed by atoms with E-state index >= 15 is 0 Å². The maximum Gasteiger partial charge on any atom is 0.255 e. The van der Waals surface area contributed by atoms with Gasteiger partial charge in [-0.1, -0.05) is 51.1 Å². The molecule has 2 saturated heterocycles. The molecular formula is C37H48N10O2. The van der Waals surface area contributed by atoms with Crippen LogP contribution < -0.4 is 16.8 Å². The van der Waals surface area contributed by atoms with Gasteiger partial charge in [0.15, 0.2) is 5.65 Å². The number of nitrogen functional groups attached to an aromatic ring is 1. The Hall–Kier alpha value is -4.65. The van der Waals surface area contributed by atoms with Crippen LogP contribution in [0, 0.1) is 0 Å². The van der Waals surface area contributed by atoms with Crippen molar-refractivity contribution in [2.75, 3.05) is 70.0 Å². The van der Waals surface area contributed by atoms with Crippen LogP contribution in [0.3, 0.4) is 0 Å². The molecule has 258 valence electrons. The number of fused-ring (bicyclic) bond motifs is 1. The molecule has 2 aromatic heterocycles. The molecule has 12 heteroatoms. The van der Waals surface area contributed by atoms with Gasteiger partial charge in [0.25, 0.3) is 5.91 Å². The van der Waals surface area contributed by atoms with Gasteiger partial charge in [-0.25, -0.2) is 14.6 Å². The third kappa shape index (κ3) is 7.98. The molecule has 4 heterocycles. The van der Waals surface area contributed by atoms with Gasteiger partial charge in [-0.15, -0.1) is 0 Å². The molecule has 12 nitrogen and oxygen atoms in total. The summed E-state index contributed by atoms with van der Waals surface area (Å²) >= 11 is 0. The summed E-state index contributed by atoms with van der Waals surface area (Å²) in [5.41, 5.74) is 16.5. The Bertz CT molecular complexity index is 1800. The Morgan fingerprint density at radius 3 is 2.49 bits per heavy atom. The van der Waals surface area contributed by atoms with Crippen LogP contribution >= 0.6 is 0 Å². The summed E-state index contributed by atoms with van der Waals surface area (Å²) < 4.78 is 1.89. The molecule has 2 aliphatic rings. The van der Waals surface area contributed by atoms with Gasteiger partial charge in [0.2, 0.25) is 5.91 Å². The number of carbonyl (C=O) groups is 2. The average molecular weight is 665 g/mol. The Kier molecular flexibility index (Phi) is 10.4. The van der Waals surface area contributed by atoms with Crippen LogP contribution in [0.25, 0.3) is 22.3 Å². The van der Waals surface area contributed by atoms with Crippen LogP contribution in [0.5, 0.6) is 0 Å². The molecule has 5 N–H and O–H groups in total. The van der Waals surface area contributed by atoms with Gasteiger partial charge in [-0.3, -0.25) is 19.4 Å². The maximum atomic E-state index is 13.3. The molecule has 6 rings (SSSR count).